The SMILES string of the molecule is [B]c1ccc2nc(C(C)C)sc2c1. The first-order chi connectivity index (χ1) is 6.16. The summed E-state index contributed by atoms with van der Waals surface area (Å²) in [6, 6.07) is 5.86. The molecule has 0 N–H and O–H groups in total. The zero-order valence-corrected chi connectivity index (χ0v) is 8.56. The van der Waals surface area contributed by atoms with Crippen LogP contribution in [0.15, 0.2) is 18.2 Å². The van der Waals surface area contributed by atoms with Crippen molar-refractivity contribution >= 4 is 34.9 Å². The topological polar surface area (TPSA) is 12.9 Å². The molecule has 1 aromatic carbocycles. The molecule has 0 spiro atoms. The first kappa shape index (κ1) is 8.76. The number of nitrogens with zero attached hydrogens (tertiary/aromatic N) is 1. The lowest BCUT2D eigenvalue weighted by Crippen LogP contribution is -1.98. The number of hydrogen-bond acceptors (Lipinski definition) is 2. The monoisotopic (exact) mass is 187 g/mol. The fourth-order valence-corrected chi connectivity index (χ4v) is 2.22. The average molecular weight is 187 g/mol. The molecule has 0 fully saturated rings. The molecule has 0 amide bonds. The molecule has 1 nitrogen and oxygen atoms in total. The molecule has 2 aromatic rings. The van der Waals surface area contributed by atoms with Gasteiger partial charge in [-0.1, -0.05) is 25.4 Å². The van der Waals surface area contributed by atoms with Crippen LogP contribution in [0.3, 0.4) is 0 Å². The van der Waals surface area contributed by atoms with Crippen molar-refractivity contribution in [2.75, 3.05) is 0 Å². The molecule has 3 heteroatoms. The van der Waals surface area contributed by atoms with Gasteiger partial charge in [0.15, 0.2) is 0 Å². The minimum absolute atomic E-state index is 0.499. The Morgan fingerprint density at radius 2 is 2.15 bits per heavy atom. The molecule has 0 aliphatic rings. The summed E-state index contributed by atoms with van der Waals surface area (Å²) in [6.07, 6.45) is 0. The van der Waals surface area contributed by atoms with Gasteiger partial charge in [0.25, 0.3) is 0 Å². The van der Waals surface area contributed by atoms with E-state index < -0.39 is 0 Å². The number of fused-ring (bicyclic) bond motifs is 1. The molecule has 0 saturated carbocycles. The molecule has 0 aliphatic carbocycles. The Labute approximate surface area is 83.2 Å². The van der Waals surface area contributed by atoms with E-state index in [0.717, 1.165) is 11.0 Å². The van der Waals surface area contributed by atoms with E-state index in [0.29, 0.717) is 5.92 Å². The maximum atomic E-state index is 5.69. The van der Waals surface area contributed by atoms with Gasteiger partial charge in [-0.15, -0.1) is 11.3 Å². The van der Waals surface area contributed by atoms with Gasteiger partial charge < -0.3 is 0 Å². The van der Waals surface area contributed by atoms with Gasteiger partial charge in [-0.2, -0.15) is 0 Å². The van der Waals surface area contributed by atoms with Crippen LogP contribution in [-0.2, 0) is 0 Å². The first-order valence-corrected chi connectivity index (χ1v) is 5.14. The third-order valence-corrected chi connectivity index (χ3v) is 3.24. The maximum absolute atomic E-state index is 5.69. The summed E-state index contributed by atoms with van der Waals surface area (Å²) in [7, 11) is 5.69. The molecule has 13 heavy (non-hydrogen) atoms. The quantitative estimate of drug-likeness (QED) is 0.623. The fraction of sp³-hybridized carbons (Fsp3) is 0.300. The van der Waals surface area contributed by atoms with Crippen molar-refractivity contribution in [3.05, 3.63) is 23.2 Å². The smallest absolute Gasteiger partial charge is 0.113 e. The molecule has 0 atom stereocenters. The predicted molar refractivity (Wildman–Crippen MR) is 59.1 cm³/mol. The summed E-state index contributed by atoms with van der Waals surface area (Å²) in [5.74, 6) is 0.499. The average Bonchev–Trinajstić information content (AvgIpc) is 2.46. The van der Waals surface area contributed by atoms with Crippen LogP contribution >= 0.6 is 11.3 Å². The standard InChI is InChI=1S/C10H10BNS/c1-6(2)10-12-8-4-3-7(11)5-9(8)13-10/h3-6H,1-2H3. The van der Waals surface area contributed by atoms with Crippen molar-refractivity contribution in [3.63, 3.8) is 0 Å². The summed E-state index contributed by atoms with van der Waals surface area (Å²) in [6.45, 7) is 4.31. The van der Waals surface area contributed by atoms with Gasteiger partial charge in [0.05, 0.1) is 15.2 Å². The second-order valence-corrected chi connectivity index (χ2v) is 4.50. The Hall–Kier alpha value is -0.825. The Bertz CT molecular complexity index is 433. The second kappa shape index (κ2) is 3.15. The largest absolute Gasteiger partial charge is 0.241 e. The van der Waals surface area contributed by atoms with Crippen molar-refractivity contribution in [1.29, 1.82) is 0 Å². The van der Waals surface area contributed by atoms with E-state index in [1.165, 1.54) is 9.71 Å². The summed E-state index contributed by atoms with van der Waals surface area (Å²) >= 11 is 1.73. The molecule has 0 bridgehead atoms. The minimum atomic E-state index is 0.499. The van der Waals surface area contributed by atoms with E-state index in [1.807, 2.05) is 18.2 Å². The minimum Gasteiger partial charge on any atom is -0.241 e. The van der Waals surface area contributed by atoms with Crippen LogP contribution in [0.1, 0.15) is 24.8 Å². The molecular weight excluding hydrogens is 177 g/mol. The Kier molecular flexibility index (Phi) is 2.12. The highest BCUT2D eigenvalue weighted by atomic mass is 32.1. The van der Waals surface area contributed by atoms with Crippen molar-refractivity contribution < 1.29 is 0 Å². The van der Waals surface area contributed by atoms with Gasteiger partial charge in [0.1, 0.15) is 7.85 Å². The third kappa shape index (κ3) is 1.61. The predicted octanol–water partition coefficient (Wildman–Crippen LogP) is 2.21. The zero-order valence-electron chi connectivity index (χ0n) is 7.74. The maximum Gasteiger partial charge on any atom is 0.113 e. The van der Waals surface area contributed by atoms with Crippen LogP contribution in [0.5, 0.6) is 0 Å². The van der Waals surface area contributed by atoms with Gasteiger partial charge in [-0.3, -0.25) is 0 Å². The van der Waals surface area contributed by atoms with Crippen molar-refractivity contribution in [2.24, 2.45) is 0 Å². The highest BCUT2D eigenvalue weighted by Crippen LogP contribution is 2.25. The van der Waals surface area contributed by atoms with Gasteiger partial charge >= 0.3 is 0 Å². The number of thiazole rings is 1. The number of benzene rings is 1. The molecule has 2 radical (unpaired) electrons. The van der Waals surface area contributed by atoms with Gasteiger partial charge in [0, 0.05) is 5.92 Å². The lowest BCUT2D eigenvalue weighted by Gasteiger charge is -1.94. The van der Waals surface area contributed by atoms with Crippen molar-refractivity contribution in [2.45, 2.75) is 19.8 Å². The summed E-state index contributed by atoms with van der Waals surface area (Å²) in [5.41, 5.74) is 1.87. The van der Waals surface area contributed by atoms with E-state index in [1.54, 1.807) is 11.3 Å². The first-order valence-electron chi connectivity index (χ1n) is 4.33. The lowest BCUT2D eigenvalue weighted by atomic mass is 9.97. The number of rotatable bonds is 1. The Morgan fingerprint density at radius 3 is 2.85 bits per heavy atom. The summed E-state index contributed by atoms with van der Waals surface area (Å²) in [4.78, 5) is 4.52. The Morgan fingerprint density at radius 1 is 1.38 bits per heavy atom. The van der Waals surface area contributed by atoms with Crippen molar-refractivity contribution in [3.8, 4) is 0 Å². The van der Waals surface area contributed by atoms with Gasteiger partial charge in [0.2, 0.25) is 0 Å². The molecule has 2 rings (SSSR count). The molecule has 0 aliphatic heterocycles. The summed E-state index contributed by atoms with van der Waals surface area (Å²) < 4.78 is 1.18. The molecular formula is C10H10BNS. The van der Waals surface area contributed by atoms with E-state index in [2.05, 4.69) is 18.8 Å². The van der Waals surface area contributed by atoms with Crippen LogP contribution in [0.25, 0.3) is 10.2 Å². The number of aromatic nitrogens is 1. The van der Waals surface area contributed by atoms with Crippen LogP contribution in [-0.4, -0.2) is 12.8 Å². The molecule has 64 valence electrons. The fourth-order valence-electron chi connectivity index (χ4n) is 1.21. The van der Waals surface area contributed by atoms with Crippen LogP contribution in [0, 0.1) is 0 Å². The number of hydrogen-bond donors (Lipinski definition) is 0. The Balaban J connectivity index is 2.62. The third-order valence-electron chi connectivity index (χ3n) is 1.92. The second-order valence-electron chi connectivity index (χ2n) is 3.43. The van der Waals surface area contributed by atoms with Crippen LogP contribution < -0.4 is 5.46 Å². The molecule has 0 saturated heterocycles. The van der Waals surface area contributed by atoms with E-state index >= 15 is 0 Å². The molecule has 0 unspecified atom stereocenters. The van der Waals surface area contributed by atoms with E-state index in [4.69, 9.17) is 7.85 Å². The van der Waals surface area contributed by atoms with E-state index in [9.17, 15) is 0 Å². The molecule has 1 aromatic heterocycles. The van der Waals surface area contributed by atoms with Gasteiger partial charge in [-0.05, 0) is 12.1 Å². The van der Waals surface area contributed by atoms with Crippen LogP contribution in [0.2, 0.25) is 0 Å². The lowest BCUT2D eigenvalue weighted by molar-refractivity contribution is 0.857. The molecule has 1 heterocycles. The van der Waals surface area contributed by atoms with E-state index in [-0.39, 0.29) is 0 Å². The highest BCUT2D eigenvalue weighted by molar-refractivity contribution is 7.18. The van der Waals surface area contributed by atoms with Gasteiger partial charge in [-0.25, -0.2) is 4.98 Å². The highest BCUT2D eigenvalue weighted by Gasteiger charge is 2.06. The van der Waals surface area contributed by atoms with Crippen molar-refractivity contribution in [1.82, 2.24) is 4.98 Å². The normalized spacial score (nSPS) is 11.3. The zero-order chi connectivity index (χ0) is 9.42. The van der Waals surface area contributed by atoms with Crippen LogP contribution in [0.4, 0.5) is 0 Å². The summed E-state index contributed by atoms with van der Waals surface area (Å²) in [5, 5.41) is 1.18.